The van der Waals surface area contributed by atoms with Gasteiger partial charge in [0.25, 0.3) is 0 Å². The molecule has 0 aliphatic carbocycles. The number of benzene rings is 1. The average molecular weight is 240 g/mol. The SMILES string of the molecule is COC(OC)c1cccc(C)c1C(OC)OC. The third-order valence-corrected chi connectivity index (χ3v) is 2.70. The summed E-state index contributed by atoms with van der Waals surface area (Å²) < 4.78 is 21.2. The first-order valence-corrected chi connectivity index (χ1v) is 5.40. The number of methoxy groups -OCH3 is 4. The minimum atomic E-state index is -0.419. The summed E-state index contributed by atoms with van der Waals surface area (Å²) in [5.41, 5.74) is 2.95. The van der Waals surface area contributed by atoms with E-state index in [0.29, 0.717) is 0 Å². The Bertz CT molecular complexity index is 343. The molecule has 0 heterocycles. The Morgan fingerprint density at radius 2 is 1.35 bits per heavy atom. The van der Waals surface area contributed by atoms with Crippen molar-refractivity contribution in [1.29, 1.82) is 0 Å². The highest BCUT2D eigenvalue weighted by molar-refractivity contribution is 5.36. The van der Waals surface area contributed by atoms with Gasteiger partial charge < -0.3 is 18.9 Å². The molecule has 0 spiro atoms. The van der Waals surface area contributed by atoms with Crippen LogP contribution in [0.4, 0.5) is 0 Å². The monoisotopic (exact) mass is 240 g/mol. The highest BCUT2D eigenvalue weighted by Gasteiger charge is 2.21. The highest BCUT2D eigenvalue weighted by Crippen LogP contribution is 2.31. The van der Waals surface area contributed by atoms with E-state index in [1.165, 1.54) is 0 Å². The van der Waals surface area contributed by atoms with Crippen LogP contribution in [0.5, 0.6) is 0 Å². The van der Waals surface area contributed by atoms with Crippen LogP contribution in [0.3, 0.4) is 0 Å². The summed E-state index contributed by atoms with van der Waals surface area (Å²) in [6, 6.07) is 5.92. The fourth-order valence-electron chi connectivity index (χ4n) is 1.91. The van der Waals surface area contributed by atoms with Crippen molar-refractivity contribution in [2.24, 2.45) is 0 Å². The van der Waals surface area contributed by atoms with E-state index in [-0.39, 0.29) is 0 Å². The van der Waals surface area contributed by atoms with Gasteiger partial charge in [0.2, 0.25) is 0 Å². The van der Waals surface area contributed by atoms with Gasteiger partial charge >= 0.3 is 0 Å². The molecular weight excluding hydrogens is 220 g/mol. The largest absolute Gasteiger partial charge is 0.352 e. The maximum absolute atomic E-state index is 5.31. The molecular formula is C13H20O4. The van der Waals surface area contributed by atoms with Crippen molar-refractivity contribution in [3.63, 3.8) is 0 Å². The van der Waals surface area contributed by atoms with E-state index in [4.69, 9.17) is 18.9 Å². The molecule has 0 aliphatic rings. The topological polar surface area (TPSA) is 36.9 Å². The Hall–Kier alpha value is -0.940. The van der Waals surface area contributed by atoms with Crippen LogP contribution in [0.1, 0.15) is 29.3 Å². The van der Waals surface area contributed by atoms with Gasteiger partial charge in [0, 0.05) is 39.6 Å². The van der Waals surface area contributed by atoms with Crippen LogP contribution < -0.4 is 0 Å². The zero-order chi connectivity index (χ0) is 12.8. The second-order valence-corrected chi connectivity index (χ2v) is 3.68. The molecule has 0 N–H and O–H groups in total. The van der Waals surface area contributed by atoms with Crippen LogP contribution in [-0.2, 0) is 18.9 Å². The molecule has 0 saturated carbocycles. The molecule has 1 aromatic carbocycles. The number of ether oxygens (including phenoxy) is 4. The lowest BCUT2D eigenvalue weighted by Gasteiger charge is -2.23. The van der Waals surface area contributed by atoms with Crippen LogP contribution in [0.15, 0.2) is 18.2 Å². The minimum Gasteiger partial charge on any atom is -0.352 e. The van der Waals surface area contributed by atoms with Gasteiger partial charge in [-0.15, -0.1) is 0 Å². The Kier molecular flexibility index (Phi) is 5.58. The molecule has 17 heavy (non-hydrogen) atoms. The Balaban J connectivity index is 3.24. The first kappa shape index (κ1) is 14.1. The lowest BCUT2D eigenvalue weighted by atomic mass is 10.0. The summed E-state index contributed by atoms with van der Waals surface area (Å²) in [6.45, 7) is 2.01. The molecule has 0 aromatic heterocycles. The lowest BCUT2D eigenvalue weighted by Crippen LogP contribution is -2.14. The van der Waals surface area contributed by atoms with Crippen LogP contribution in [0, 0.1) is 6.92 Å². The summed E-state index contributed by atoms with van der Waals surface area (Å²) in [7, 11) is 6.43. The smallest absolute Gasteiger partial charge is 0.183 e. The second kappa shape index (κ2) is 6.71. The molecule has 4 nitrogen and oxygen atoms in total. The maximum atomic E-state index is 5.31. The van der Waals surface area contributed by atoms with Crippen molar-refractivity contribution in [3.05, 3.63) is 34.9 Å². The fourth-order valence-corrected chi connectivity index (χ4v) is 1.91. The van der Waals surface area contributed by atoms with Crippen LogP contribution >= 0.6 is 0 Å². The van der Waals surface area contributed by atoms with Gasteiger partial charge in [-0.25, -0.2) is 0 Å². The first-order chi connectivity index (χ1) is 8.19. The molecule has 0 aliphatic heterocycles. The standard InChI is InChI=1S/C13H20O4/c1-9-7-6-8-10(12(14-2)15-3)11(9)13(16-4)17-5/h6-8,12-13H,1-5H3. The van der Waals surface area contributed by atoms with Crippen molar-refractivity contribution >= 4 is 0 Å². The zero-order valence-electron chi connectivity index (χ0n) is 11.0. The quantitative estimate of drug-likeness (QED) is 0.716. The number of aryl methyl sites for hydroxylation is 1. The van der Waals surface area contributed by atoms with Crippen molar-refractivity contribution in [1.82, 2.24) is 0 Å². The van der Waals surface area contributed by atoms with E-state index in [1.54, 1.807) is 28.4 Å². The van der Waals surface area contributed by atoms with E-state index in [9.17, 15) is 0 Å². The van der Waals surface area contributed by atoms with E-state index >= 15 is 0 Å². The zero-order valence-corrected chi connectivity index (χ0v) is 11.0. The van der Waals surface area contributed by atoms with E-state index in [2.05, 4.69) is 0 Å². The molecule has 4 heteroatoms. The molecule has 0 atom stereocenters. The summed E-state index contributed by atoms with van der Waals surface area (Å²) in [4.78, 5) is 0. The summed E-state index contributed by atoms with van der Waals surface area (Å²) in [6.07, 6.45) is -0.836. The summed E-state index contributed by atoms with van der Waals surface area (Å²) in [5.74, 6) is 0. The maximum Gasteiger partial charge on any atom is 0.183 e. The van der Waals surface area contributed by atoms with Gasteiger partial charge in [-0.3, -0.25) is 0 Å². The minimum absolute atomic E-state index is 0.418. The molecule has 1 aromatic rings. The highest BCUT2D eigenvalue weighted by atomic mass is 16.7. The Labute approximate surface area is 102 Å². The molecule has 0 bridgehead atoms. The lowest BCUT2D eigenvalue weighted by molar-refractivity contribution is -0.123. The van der Waals surface area contributed by atoms with Crippen molar-refractivity contribution in [2.45, 2.75) is 19.5 Å². The molecule has 0 saturated heterocycles. The third-order valence-electron chi connectivity index (χ3n) is 2.70. The first-order valence-electron chi connectivity index (χ1n) is 5.40. The fraction of sp³-hybridized carbons (Fsp3) is 0.538. The van der Waals surface area contributed by atoms with E-state index in [0.717, 1.165) is 16.7 Å². The molecule has 96 valence electrons. The number of hydrogen-bond donors (Lipinski definition) is 0. The van der Waals surface area contributed by atoms with Gasteiger partial charge in [-0.2, -0.15) is 0 Å². The van der Waals surface area contributed by atoms with Gasteiger partial charge in [0.1, 0.15) is 0 Å². The average Bonchev–Trinajstić information content (AvgIpc) is 2.35. The normalized spacial score (nSPS) is 11.5. The third kappa shape index (κ3) is 3.04. The second-order valence-electron chi connectivity index (χ2n) is 3.68. The van der Waals surface area contributed by atoms with Gasteiger partial charge in [-0.1, -0.05) is 18.2 Å². The summed E-state index contributed by atoms with van der Waals surface area (Å²) in [5, 5.41) is 0. The number of hydrogen-bond acceptors (Lipinski definition) is 4. The van der Waals surface area contributed by atoms with Crippen LogP contribution in [0.2, 0.25) is 0 Å². The van der Waals surface area contributed by atoms with E-state index in [1.807, 2.05) is 25.1 Å². The summed E-state index contributed by atoms with van der Waals surface area (Å²) >= 11 is 0. The van der Waals surface area contributed by atoms with Gasteiger partial charge in [0.15, 0.2) is 12.6 Å². The molecule has 1 rings (SSSR count). The predicted molar refractivity (Wildman–Crippen MR) is 64.7 cm³/mol. The van der Waals surface area contributed by atoms with Crippen molar-refractivity contribution in [2.75, 3.05) is 28.4 Å². The van der Waals surface area contributed by atoms with Crippen LogP contribution in [-0.4, -0.2) is 28.4 Å². The molecule has 0 unspecified atom stereocenters. The predicted octanol–water partition coefficient (Wildman–Crippen LogP) is 2.58. The molecule has 0 fully saturated rings. The molecule has 0 amide bonds. The Morgan fingerprint density at radius 3 is 1.82 bits per heavy atom. The van der Waals surface area contributed by atoms with Gasteiger partial charge in [-0.05, 0) is 12.5 Å². The van der Waals surface area contributed by atoms with Gasteiger partial charge in [0.05, 0.1) is 0 Å². The van der Waals surface area contributed by atoms with Crippen LogP contribution in [0.25, 0.3) is 0 Å². The number of rotatable bonds is 6. The Morgan fingerprint density at radius 1 is 0.824 bits per heavy atom. The van der Waals surface area contributed by atoms with Crippen molar-refractivity contribution < 1.29 is 18.9 Å². The molecule has 0 radical (unpaired) electrons. The van der Waals surface area contributed by atoms with Crippen molar-refractivity contribution in [3.8, 4) is 0 Å². The van der Waals surface area contributed by atoms with E-state index < -0.39 is 12.6 Å².